The fourth-order valence-corrected chi connectivity index (χ4v) is 4.69. The predicted molar refractivity (Wildman–Crippen MR) is 63.8 cm³/mol. The molecular weight excluding hydrogens is 262 g/mol. The van der Waals surface area contributed by atoms with Crippen LogP contribution < -0.4 is 0 Å². The molecule has 2 rings (SSSR count). The second-order valence-corrected chi connectivity index (χ2v) is 7.43. The largest absolute Gasteiger partial charge is 0.477 e. The highest BCUT2D eigenvalue weighted by atomic mass is 32.2. The molecule has 1 N–H and O–H groups in total. The van der Waals surface area contributed by atoms with Crippen molar-refractivity contribution in [3.05, 3.63) is 17.0 Å². The van der Waals surface area contributed by atoms with Crippen LogP contribution in [0, 0.1) is 5.92 Å². The number of hydrogen-bond acceptors (Lipinski definition) is 4. The predicted octanol–water partition coefficient (Wildman–Crippen LogP) is 1.48. The molecule has 17 heavy (non-hydrogen) atoms. The van der Waals surface area contributed by atoms with Crippen LogP contribution in [0.3, 0.4) is 0 Å². The number of carboxylic acids is 1. The number of sulfonamides is 1. The van der Waals surface area contributed by atoms with Crippen LogP contribution in [-0.2, 0) is 10.0 Å². The molecule has 2 heterocycles. The standard InChI is InChI=1S/C10H13NO4S2/c1-7-4-5-11(6-7)17(14,15)9-3-2-8(16-9)10(12)13/h2-3,7H,4-6H2,1H3,(H,12,13). The second-order valence-electron chi connectivity index (χ2n) is 4.18. The lowest BCUT2D eigenvalue weighted by Gasteiger charge is -2.14. The topological polar surface area (TPSA) is 74.7 Å². The molecule has 0 amide bonds. The Labute approximate surface area is 104 Å². The molecule has 1 aromatic rings. The molecule has 0 saturated carbocycles. The minimum absolute atomic E-state index is 0.0517. The first-order valence-corrected chi connectivity index (χ1v) is 7.50. The van der Waals surface area contributed by atoms with Crippen LogP contribution in [0.4, 0.5) is 0 Å². The lowest BCUT2D eigenvalue weighted by Crippen LogP contribution is -2.27. The zero-order chi connectivity index (χ0) is 12.6. The van der Waals surface area contributed by atoms with E-state index in [0.717, 1.165) is 17.8 Å². The molecule has 5 nitrogen and oxygen atoms in total. The Morgan fingerprint density at radius 3 is 2.71 bits per heavy atom. The fraction of sp³-hybridized carbons (Fsp3) is 0.500. The zero-order valence-corrected chi connectivity index (χ0v) is 10.9. The van der Waals surface area contributed by atoms with Gasteiger partial charge in [0.25, 0.3) is 10.0 Å². The number of carbonyl (C=O) groups is 1. The quantitative estimate of drug-likeness (QED) is 0.906. The molecule has 1 aliphatic heterocycles. The minimum atomic E-state index is -3.50. The van der Waals surface area contributed by atoms with Crippen LogP contribution in [-0.4, -0.2) is 36.9 Å². The van der Waals surface area contributed by atoms with Crippen molar-refractivity contribution in [2.75, 3.05) is 13.1 Å². The number of carboxylic acid groups (broad SMARTS) is 1. The van der Waals surface area contributed by atoms with Gasteiger partial charge < -0.3 is 5.11 Å². The van der Waals surface area contributed by atoms with Gasteiger partial charge in [-0.3, -0.25) is 0 Å². The van der Waals surface area contributed by atoms with E-state index in [4.69, 9.17) is 5.11 Å². The maximum absolute atomic E-state index is 12.2. The Morgan fingerprint density at radius 1 is 1.53 bits per heavy atom. The first-order valence-electron chi connectivity index (χ1n) is 5.24. The maximum Gasteiger partial charge on any atom is 0.345 e. The van der Waals surface area contributed by atoms with Gasteiger partial charge in [-0.25, -0.2) is 13.2 Å². The summed E-state index contributed by atoms with van der Waals surface area (Å²) in [6.07, 6.45) is 0.858. The molecule has 0 aliphatic carbocycles. The fourth-order valence-electron chi connectivity index (χ4n) is 1.81. The maximum atomic E-state index is 12.2. The van der Waals surface area contributed by atoms with Gasteiger partial charge in [0.15, 0.2) is 0 Å². The van der Waals surface area contributed by atoms with Crippen LogP contribution >= 0.6 is 11.3 Å². The summed E-state index contributed by atoms with van der Waals surface area (Å²) in [6.45, 7) is 3.04. The highest BCUT2D eigenvalue weighted by Crippen LogP contribution is 2.28. The van der Waals surface area contributed by atoms with Crippen molar-refractivity contribution in [3.63, 3.8) is 0 Å². The Morgan fingerprint density at radius 2 is 2.24 bits per heavy atom. The highest BCUT2D eigenvalue weighted by molar-refractivity contribution is 7.91. The van der Waals surface area contributed by atoms with Gasteiger partial charge in [0.1, 0.15) is 9.09 Å². The van der Waals surface area contributed by atoms with Gasteiger partial charge in [-0.05, 0) is 24.5 Å². The smallest absolute Gasteiger partial charge is 0.345 e. The van der Waals surface area contributed by atoms with Gasteiger partial charge in [-0.1, -0.05) is 6.92 Å². The molecule has 1 aliphatic rings. The third-order valence-corrected chi connectivity index (χ3v) is 6.18. The monoisotopic (exact) mass is 275 g/mol. The Bertz CT molecular complexity index is 534. The first kappa shape index (κ1) is 12.5. The number of aromatic carboxylic acids is 1. The van der Waals surface area contributed by atoms with Crippen molar-refractivity contribution in [1.82, 2.24) is 4.31 Å². The van der Waals surface area contributed by atoms with E-state index in [1.165, 1.54) is 16.4 Å². The van der Waals surface area contributed by atoms with E-state index in [0.29, 0.717) is 19.0 Å². The van der Waals surface area contributed by atoms with Gasteiger partial charge >= 0.3 is 5.97 Å². The average molecular weight is 275 g/mol. The first-order chi connectivity index (χ1) is 7.91. The average Bonchev–Trinajstić information content (AvgIpc) is 2.85. The summed E-state index contributed by atoms with van der Waals surface area (Å²) in [5.41, 5.74) is 0. The Hall–Kier alpha value is -0.920. The van der Waals surface area contributed by atoms with Crippen LogP contribution in [0.25, 0.3) is 0 Å². The SMILES string of the molecule is CC1CCN(S(=O)(=O)c2ccc(C(=O)O)s2)C1. The molecule has 0 spiro atoms. The van der Waals surface area contributed by atoms with E-state index in [9.17, 15) is 13.2 Å². The van der Waals surface area contributed by atoms with E-state index < -0.39 is 16.0 Å². The number of nitrogens with zero attached hydrogens (tertiary/aromatic N) is 1. The molecule has 1 unspecified atom stereocenters. The van der Waals surface area contributed by atoms with E-state index >= 15 is 0 Å². The molecule has 94 valence electrons. The molecule has 1 aromatic heterocycles. The summed E-state index contributed by atoms with van der Waals surface area (Å²) < 4.78 is 25.9. The molecule has 0 radical (unpaired) electrons. The summed E-state index contributed by atoms with van der Waals surface area (Å²) in [5.74, 6) is -0.727. The van der Waals surface area contributed by atoms with Gasteiger partial charge in [0.2, 0.25) is 0 Å². The molecular formula is C10H13NO4S2. The van der Waals surface area contributed by atoms with E-state index in [2.05, 4.69) is 0 Å². The highest BCUT2D eigenvalue weighted by Gasteiger charge is 2.31. The van der Waals surface area contributed by atoms with Crippen molar-refractivity contribution in [2.45, 2.75) is 17.6 Å². The molecule has 1 atom stereocenters. The molecule has 7 heteroatoms. The van der Waals surface area contributed by atoms with Gasteiger partial charge in [-0.2, -0.15) is 4.31 Å². The van der Waals surface area contributed by atoms with Gasteiger partial charge in [-0.15, -0.1) is 11.3 Å². The van der Waals surface area contributed by atoms with Gasteiger partial charge in [0, 0.05) is 13.1 Å². The summed E-state index contributed by atoms with van der Waals surface area (Å²) in [6, 6.07) is 2.70. The molecule has 0 bridgehead atoms. The van der Waals surface area contributed by atoms with Crippen LogP contribution in [0.15, 0.2) is 16.3 Å². The molecule has 0 aromatic carbocycles. The summed E-state index contributed by atoms with van der Waals surface area (Å²) in [7, 11) is -3.50. The van der Waals surface area contributed by atoms with Crippen molar-refractivity contribution < 1.29 is 18.3 Å². The number of hydrogen-bond donors (Lipinski definition) is 1. The molecule has 1 saturated heterocycles. The lowest BCUT2D eigenvalue weighted by atomic mass is 10.2. The van der Waals surface area contributed by atoms with E-state index in [1.54, 1.807) is 0 Å². The third-order valence-electron chi connectivity index (χ3n) is 2.77. The molecule has 1 fully saturated rings. The lowest BCUT2D eigenvalue weighted by molar-refractivity contribution is 0.0702. The van der Waals surface area contributed by atoms with Crippen LogP contribution in [0.1, 0.15) is 23.0 Å². The normalized spacial score (nSPS) is 21.8. The second kappa shape index (κ2) is 4.40. The zero-order valence-electron chi connectivity index (χ0n) is 9.29. The van der Waals surface area contributed by atoms with Crippen molar-refractivity contribution in [1.29, 1.82) is 0 Å². The Balaban J connectivity index is 2.28. The number of thiophene rings is 1. The van der Waals surface area contributed by atoms with E-state index in [1.807, 2.05) is 6.92 Å². The van der Waals surface area contributed by atoms with Crippen LogP contribution in [0.5, 0.6) is 0 Å². The van der Waals surface area contributed by atoms with Crippen molar-refractivity contribution in [2.24, 2.45) is 5.92 Å². The van der Waals surface area contributed by atoms with Crippen molar-refractivity contribution in [3.8, 4) is 0 Å². The van der Waals surface area contributed by atoms with Crippen LogP contribution in [0.2, 0.25) is 0 Å². The third kappa shape index (κ3) is 2.36. The summed E-state index contributed by atoms with van der Waals surface area (Å²) in [4.78, 5) is 10.8. The Kier molecular flexibility index (Phi) is 3.24. The van der Waals surface area contributed by atoms with E-state index in [-0.39, 0.29) is 9.09 Å². The minimum Gasteiger partial charge on any atom is -0.477 e. The van der Waals surface area contributed by atoms with Gasteiger partial charge in [0.05, 0.1) is 0 Å². The summed E-state index contributed by atoms with van der Waals surface area (Å²) in [5, 5.41) is 8.77. The van der Waals surface area contributed by atoms with Crippen molar-refractivity contribution >= 4 is 27.3 Å². The number of rotatable bonds is 3. The summed E-state index contributed by atoms with van der Waals surface area (Å²) >= 11 is 0.807.